The second-order valence-corrected chi connectivity index (χ2v) is 6.53. The predicted octanol–water partition coefficient (Wildman–Crippen LogP) is 2.84. The first kappa shape index (κ1) is 14.3. The van der Waals surface area contributed by atoms with Gasteiger partial charge in [-0.3, -0.25) is 4.79 Å². The highest BCUT2D eigenvalue weighted by atomic mass is 16.1. The molecule has 3 rings (SSSR count). The summed E-state index contributed by atoms with van der Waals surface area (Å²) in [6, 6.07) is 8.00. The molecule has 2 atom stereocenters. The Morgan fingerprint density at radius 1 is 1.19 bits per heavy atom. The summed E-state index contributed by atoms with van der Waals surface area (Å²) in [5.74, 6) is 2.27. The van der Waals surface area contributed by atoms with E-state index in [4.69, 9.17) is 0 Å². The second-order valence-electron chi connectivity index (χ2n) is 6.53. The highest BCUT2D eigenvalue weighted by molar-refractivity contribution is 5.77. The fraction of sp³-hybridized carbons (Fsp3) is 0.529. The number of hydrogen-bond acceptors (Lipinski definition) is 3. The van der Waals surface area contributed by atoms with Gasteiger partial charge < -0.3 is 10.3 Å². The summed E-state index contributed by atoms with van der Waals surface area (Å²) in [6.45, 7) is 5.27. The van der Waals surface area contributed by atoms with E-state index in [1.54, 1.807) is 0 Å². The Balaban J connectivity index is 1.72. The molecule has 0 bridgehead atoms. The van der Waals surface area contributed by atoms with E-state index in [1.165, 1.54) is 19.3 Å². The molecule has 2 unspecified atom stereocenters. The van der Waals surface area contributed by atoms with Gasteiger partial charge >= 0.3 is 0 Å². The fourth-order valence-electron chi connectivity index (χ4n) is 3.57. The molecule has 2 aromatic rings. The minimum absolute atomic E-state index is 0.0530. The third-order valence-electron chi connectivity index (χ3n) is 4.40. The highest BCUT2D eigenvalue weighted by Crippen LogP contribution is 2.28. The van der Waals surface area contributed by atoms with Crippen molar-refractivity contribution in [3.05, 3.63) is 40.4 Å². The molecule has 1 aliphatic carbocycles. The Bertz CT molecular complexity index is 669. The Morgan fingerprint density at radius 2 is 1.90 bits per heavy atom. The highest BCUT2D eigenvalue weighted by Gasteiger charge is 2.23. The number of nitrogens with zero attached hydrogens (tertiary/aromatic N) is 1. The summed E-state index contributed by atoms with van der Waals surface area (Å²) in [5, 5.41) is 4.21. The number of para-hydroxylation sites is 1. The standard InChI is InChI=1S/C17H23N3O/c1-11-7-12(2)9-13(8-11)18-10-16-19-15-6-4-3-5-14(15)17(21)20-16/h3-6,11-13,18H,7-10H2,1-2H3,(H,19,20,21). The number of fused-ring (bicyclic) bond motifs is 1. The molecule has 1 heterocycles. The van der Waals surface area contributed by atoms with Crippen molar-refractivity contribution in [3.8, 4) is 0 Å². The van der Waals surface area contributed by atoms with Crippen LogP contribution in [0.15, 0.2) is 29.1 Å². The van der Waals surface area contributed by atoms with E-state index in [2.05, 4.69) is 29.1 Å². The van der Waals surface area contributed by atoms with Crippen molar-refractivity contribution in [2.24, 2.45) is 11.8 Å². The first-order valence-corrected chi connectivity index (χ1v) is 7.83. The monoisotopic (exact) mass is 285 g/mol. The van der Waals surface area contributed by atoms with Crippen molar-refractivity contribution in [1.82, 2.24) is 15.3 Å². The van der Waals surface area contributed by atoms with Gasteiger partial charge in [0, 0.05) is 6.04 Å². The fourth-order valence-corrected chi connectivity index (χ4v) is 3.57. The Morgan fingerprint density at radius 3 is 2.67 bits per heavy atom. The second kappa shape index (κ2) is 5.98. The van der Waals surface area contributed by atoms with Gasteiger partial charge in [0.25, 0.3) is 5.56 Å². The van der Waals surface area contributed by atoms with Gasteiger partial charge in [-0.2, -0.15) is 0 Å². The van der Waals surface area contributed by atoms with Gasteiger partial charge in [0.05, 0.1) is 17.4 Å². The molecule has 1 saturated carbocycles. The number of benzene rings is 1. The maximum atomic E-state index is 12.0. The van der Waals surface area contributed by atoms with Crippen LogP contribution in [0.4, 0.5) is 0 Å². The maximum Gasteiger partial charge on any atom is 0.258 e. The number of nitrogens with one attached hydrogen (secondary N) is 2. The Labute approximate surface area is 125 Å². The summed E-state index contributed by atoms with van der Waals surface area (Å²) in [6.07, 6.45) is 3.74. The lowest BCUT2D eigenvalue weighted by Crippen LogP contribution is -2.36. The van der Waals surface area contributed by atoms with Crippen LogP contribution in [0.5, 0.6) is 0 Å². The van der Waals surface area contributed by atoms with Crippen LogP contribution in [0.25, 0.3) is 10.9 Å². The zero-order valence-corrected chi connectivity index (χ0v) is 12.7. The third kappa shape index (κ3) is 3.32. The lowest BCUT2D eigenvalue weighted by atomic mass is 9.80. The van der Waals surface area contributed by atoms with Crippen LogP contribution < -0.4 is 10.9 Å². The normalized spacial score (nSPS) is 26.1. The lowest BCUT2D eigenvalue weighted by Gasteiger charge is -2.32. The molecular weight excluding hydrogens is 262 g/mol. The van der Waals surface area contributed by atoms with Gasteiger partial charge in [-0.15, -0.1) is 0 Å². The van der Waals surface area contributed by atoms with Gasteiger partial charge in [-0.05, 0) is 43.2 Å². The molecule has 112 valence electrons. The van der Waals surface area contributed by atoms with Crippen molar-refractivity contribution in [2.75, 3.05) is 0 Å². The van der Waals surface area contributed by atoms with Crippen molar-refractivity contribution in [2.45, 2.75) is 45.7 Å². The molecule has 0 spiro atoms. The van der Waals surface area contributed by atoms with Gasteiger partial charge in [-0.25, -0.2) is 4.98 Å². The minimum atomic E-state index is -0.0530. The number of rotatable bonds is 3. The van der Waals surface area contributed by atoms with Gasteiger partial charge in [-0.1, -0.05) is 26.0 Å². The SMILES string of the molecule is CC1CC(C)CC(NCc2nc3ccccc3c(=O)[nH]2)C1. The van der Waals surface area contributed by atoms with Crippen LogP contribution in [-0.4, -0.2) is 16.0 Å². The number of hydrogen-bond donors (Lipinski definition) is 2. The number of aromatic amines is 1. The van der Waals surface area contributed by atoms with Crippen molar-refractivity contribution >= 4 is 10.9 Å². The molecule has 21 heavy (non-hydrogen) atoms. The molecule has 0 saturated heterocycles. The van der Waals surface area contributed by atoms with Gasteiger partial charge in [0.1, 0.15) is 5.82 Å². The minimum Gasteiger partial charge on any atom is -0.309 e. The quantitative estimate of drug-likeness (QED) is 0.911. The van der Waals surface area contributed by atoms with Crippen LogP contribution in [0.1, 0.15) is 38.9 Å². The zero-order valence-electron chi connectivity index (χ0n) is 12.7. The molecule has 4 heteroatoms. The smallest absolute Gasteiger partial charge is 0.258 e. The van der Waals surface area contributed by atoms with Crippen LogP contribution in [0, 0.1) is 11.8 Å². The predicted molar refractivity (Wildman–Crippen MR) is 85.2 cm³/mol. The van der Waals surface area contributed by atoms with E-state index in [0.717, 1.165) is 23.2 Å². The summed E-state index contributed by atoms with van der Waals surface area (Å²) < 4.78 is 0. The summed E-state index contributed by atoms with van der Waals surface area (Å²) in [5.41, 5.74) is 0.714. The van der Waals surface area contributed by atoms with E-state index in [9.17, 15) is 4.79 Å². The van der Waals surface area contributed by atoms with Crippen molar-refractivity contribution < 1.29 is 0 Å². The number of H-pyrrole nitrogens is 1. The average molecular weight is 285 g/mol. The van der Waals surface area contributed by atoms with Gasteiger partial charge in [0.15, 0.2) is 0 Å². The van der Waals surface area contributed by atoms with E-state index in [0.29, 0.717) is 18.0 Å². The van der Waals surface area contributed by atoms with Gasteiger partial charge in [0.2, 0.25) is 0 Å². The molecule has 0 radical (unpaired) electrons. The molecule has 2 N–H and O–H groups in total. The molecule has 4 nitrogen and oxygen atoms in total. The van der Waals surface area contributed by atoms with Crippen LogP contribution in [0.2, 0.25) is 0 Å². The molecule has 0 amide bonds. The Hall–Kier alpha value is -1.68. The van der Waals surface area contributed by atoms with E-state index >= 15 is 0 Å². The zero-order chi connectivity index (χ0) is 14.8. The first-order valence-electron chi connectivity index (χ1n) is 7.83. The summed E-state index contributed by atoms with van der Waals surface area (Å²) in [4.78, 5) is 19.5. The van der Waals surface area contributed by atoms with E-state index < -0.39 is 0 Å². The van der Waals surface area contributed by atoms with Crippen molar-refractivity contribution in [1.29, 1.82) is 0 Å². The number of aromatic nitrogens is 2. The first-order chi connectivity index (χ1) is 10.1. The lowest BCUT2D eigenvalue weighted by molar-refractivity contribution is 0.237. The molecule has 1 aromatic carbocycles. The maximum absolute atomic E-state index is 12.0. The van der Waals surface area contributed by atoms with Crippen molar-refractivity contribution in [3.63, 3.8) is 0 Å². The molecule has 1 aliphatic rings. The summed E-state index contributed by atoms with van der Waals surface area (Å²) in [7, 11) is 0. The summed E-state index contributed by atoms with van der Waals surface area (Å²) >= 11 is 0. The average Bonchev–Trinajstić information content (AvgIpc) is 2.44. The topological polar surface area (TPSA) is 57.8 Å². The van der Waals surface area contributed by atoms with Crippen LogP contribution in [-0.2, 0) is 6.54 Å². The molecule has 0 aliphatic heterocycles. The van der Waals surface area contributed by atoms with E-state index in [1.807, 2.05) is 24.3 Å². The largest absolute Gasteiger partial charge is 0.309 e. The molecular formula is C17H23N3O. The molecule has 1 fully saturated rings. The molecule has 1 aromatic heterocycles. The van der Waals surface area contributed by atoms with Crippen LogP contribution >= 0.6 is 0 Å². The van der Waals surface area contributed by atoms with E-state index in [-0.39, 0.29) is 5.56 Å². The Kier molecular flexibility index (Phi) is 4.06. The van der Waals surface area contributed by atoms with Crippen LogP contribution in [0.3, 0.4) is 0 Å². The third-order valence-corrected chi connectivity index (χ3v) is 4.40.